The van der Waals surface area contributed by atoms with Crippen LogP contribution in [0, 0.1) is 0 Å². The third-order valence-electron chi connectivity index (χ3n) is 4.02. The van der Waals surface area contributed by atoms with E-state index >= 15 is 0 Å². The minimum absolute atomic E-state index is 0.0340. The maximum absolute atomic E-state index is 13.3. The van der Waals surface area contributed by atoms with Crippen LogP contribution in [-0.2, 0) is 14.8 Å². The summed E-state index contributed by atoms with van der Waals surface area (Å²) < 4.78 is 33.4. The van der Waals surface area contributed by atoms with Gasteiger partial charge in [0.2, 0.25) is 10.0 Å². The van der Waals surface area contributed by atoms with E-state index in [4.69, 9.17) is 22.1 Å². The summed E-state index contributed by atoms with van der Waals surface area (Å²) in [7, 11) is -3.82. The van der Waals surface area contributed by atoms with Gasteiger partial charge in [-0.3, -0.25) is 4.79 Å². The van der Waals surface area contributed by atoms with Gasteiger partial charge in [0, 0.05) is 17.6 Å². The molecule has 1 aliphatic heterocycles. The molecule has 0 bridgehead atoms. The molecule has 1 saturated heterocycles. The third kappa shape index (κ3) is 5.07. The molecule has 1 amide bonds. The Bertz CT molecular complexity index is 705. The number of piperidine rings is 1. The van der Waals surface area contributed by atoms with Gasteiger partial charge in [0.15, 0.2) is 6.61 Å². The molecule has 0 atom stereocenters. The minimum Gasteiger partial charge on any atom is -0.482 e. The van der Waals surface area contributed by atoms with Crippen molar-refractivity contribution in [2.75, 3.05) is 26.2 Å². The van der Waals surface area contributed by atoms with Gasteiger partial charge >= 0.3 is 0 Å². The minimum atomic E-state index is -3.82. The van der Waals surface area contributed by atoms with Gasteiger partial charge in [-0.1, -0.05) is 18.5 Å². The predicted molar refractivity (Wildman–Crippen MR) is 96.2 cm³/mol. The Hall–Kier alpha value is -1.35. The first-order chi connectivity index (χ1) is 11.9. The molecule has 1 heterocycles. The zero-order valence-electron chi connectivity index (χ0n) is 14.2. The van der Waals surface area contributed by atoms with Crippen LogP contribution in [0.25, 0.3) is 0 Å². The van der Waals surface area contributed by atoms with Crippen LogP contribution >= 0.6 is 11.6 Å². The molecular weight excluding hydrogens is 366 g/mol. The first kappa shape index (κ1) is 20.0. The summed E-state index contributed by atoms with van der Waals surface area (Å²) >= 11 is 6.01. The van der Waals surface area contributed by atoms with E-state index in [1.807, 2.05) is 6.92 Å². The van der Waals surface area contributed by atoms with E-state index in [9.17, 15) is 13.2 Å². The van der Waals surface area contributed by atoms with Crippen molar-refractivity contribution in [2.24, 2.45) is 5.73 Å². The molecule has 0 radical (unpaired) electrons. The molecule has 25 heavy (non-hydrogen) atoms. The lowest BCUT2D eigenvalue weighted by Crippen LogP contribution is -2.46. The number of carbonyl (C=O) groups is 1. The highest BCUT2D eigenvalue weighted by atomic mass is 35.5. The zero-order valence-corrected chi connectivity index (χ0v) is 15.8. The van der Waals surface area contributed by atoms with Gasteiger partial charge in [0.25, 0.3) is 5.91 Å². The number of amides is 1. The van der Waals surface area contributed by atoms with Gasteiger partial charge in [0.05, 0.1) is 0 Å². The Kier molecular flexibility index (Phi) is 7.06. The van der Waals surface area contributed by atoms with Gasteiger partial charge < -0.3 is 15.8 Å². The Morgan fingerprint density at radius 2 is 2.08 bits per heavy atom. The lowest BCUT2D eigenvalue weighted by molar-refractivity contribution is -0.120. The van der Waals surface area contributed by atoms with Crippen molar-refractivity contribution in [3.8, 4) is 5.75 Å². The number of hydrogen-bond donors (Lipinski definition) is 2. The molecule has 1 fully saturated rings. The van der Waals surface area contributed by atoms with Crippen molar-refractivity contribution in [3.63, 3.8) is 0 Å². The summed E-state index contributed by atoms with van der Waals surface area (Å²) in [5.74, 6) is -0.597. The molecule has 1 aromatic carbocycles. The van der Waals surface area contributed by atoms with Crippen molar-refractivity contribution in [1.82, 2.24) is 9.62 Å². The number of carbonyl (C=O) groups excluding carboxylic acids is 1. The average molecular weight is 390 g/mol. The number of benzene rings is 1. The Morgan fingerprint density at radius 3 is 2.68 bits per heavy atom. The number of halogens is 1. The summed E-state index contributed by atoms with van der Waals surface area (Å²) in [4.78, 5) is 11.0. The molecule has 1 aromatic rings. The van der Waals surface area contributed by atoms with Crippen molar-refractivity contribution in [3.05, 3.63) is 23.2 Å². The molecule has 0 spiro atoms. The highest BCUT2D eigenvalue weighted by Gasteiger charge is 2.34. The molecular formula is C16H24ClN3O4S. The first-order valence-corrected chi connectivity index (χ1v) is 10.1. The monoisotopic (exact) mass is 389 g/mol. The van der Waals surface area contributed by atoms with Crippen LogP contribution in [0.1, 0.15) is 26.2 Å². The normalized spacial score (nSPS) is 16.1. The lowest BCUT2D eigenvalue weighted by atomic mass is 10.1. The highest BCUT2D eigenvalue weighted by Crippen LogP contribution is 2.32. The van der Waals surface area contributed by atoms with Crippen LogP contribution in [0.3, 0.4) is 0 Å². The number of hydrogen-bond acceptors (Lipinski definition) is 5. The molecule has 3 N–H and O–H groups in total. The maximum Gasteiger partial charge on any atom is 0.255 e. The molecule has 1 aliphatic rings. The van der Waals surface area contributed by atoms with Crippen LogP contribution in [0.15, 0.2) is 23.1 Å². The van der Waals surface area contributed by atoms with E-state index in [2.05, 4.69) is 5.32 Å². The summed E-state index contributed by atoms with van der Waals surface area (Å²) in [6.07, 6.45) is 2.19. The van der Waals surface area contributed by atoms with E-state index in [0.717, 1.165) is 25.9 Å². The molecule has 9 heteroatoms. The topological polar surface area (TPSA) is 102 Å². The molecule has 140 valence electrons. The summed E-state index contributed by atoms with van der Waals surface area (Å²) in [6, 6.07) is 4.25. The third-order valence-corrected chi connectivity index (χ3v) is 6.23. The van der Waals surface area contributed by atoms with Gasteiger partial charge in [-0.2, -0.15) is 4.31 Å². The van der Waals surface area contributed by atoms with Gasteiger partial charge in [-0.05, 0) is 50.6 Å². The maximum atomic E-state index is 13.3. The van der Waals surface area contributed by atoms with E-state index in [0.29, 0.717) is 13.0 Å². The second-order valence-corrected chi connectivity index (χ2v) is 8.24. The summed E-state index contributed by atoms with van der Waals surface area (Å²) in [5.41, 5.74) is 5.10. The fraction of sp³-hybridized carbons (Fsp3) is 0.562. The quantitative estimate of drug-likeness (QED) is 0.698. The van der Waals surface area contributed by atoms with Crippen molar-refractivity contribution in [1.29, 1.82) is 0 Å². The number of ether oxygens (including phenoxy) is 1. The van der Waals surface area contributed by atoms with Crippen molar-refractivity contribution in [2.45, 2.75) is 37.1 Å². The van der Waals surface area contributed by atoms with Crippen LogP contribution in [0.4, 0.5) is 0 Å². The van der Waals surface area contributed by atoms with Crippen molar-refractivity contribution >= 4 is 27.5 Å². The van der Waals surface area contributed by atoms with Gasteiger partial charge in [0.1, 0.15) is 10.6 Å². The van der Waals surface area contributed by atoms with Crippen LogP contribution in [0.5, 0.6) is 5.75 Å². The molecule has 0 saturated carbocycles. The number of sulfonamides is 1. The fourth-order valence-corrected chi connectivity index (χ4v) is 5.06. The SMILES string of the molecule is CCCN(C1CCNCC1)S(=O)(=O)c1cc(Cl)ccc1OCC(N)=O. The second kappa shape index (κ2) is 8.84. The average Bonchev–Trinajstić information content (AvgIpc) is 2.59. The standard InChI is InChI=1S/C16H24ClN3O4S/c1-2-9-20(13-5-7-19-8-6-13)25(22,23)15-10-12(17)3-4-14(15)24-11-16(18)21/h3-4,10,13,19H,2,5-9,11H2,1H3,(H2,18,21). The first-order valence-electron chi connectivity index (χ1n) is 8.29. The molecule has 2 rings (SSSR count). The summed E-state index contributed by atoms with van der Waals surface area (Å²) in [6.45, 7) is 3.51. The van der Waals surface area contributed by atoms with Crippen LogP contribution in [0.2, 0.25) is 5.02 Å². The number of primary amides is 1. The molecule has 0 aromatic heterocycles. The molecule has 0 aliphatic carbocycles. The Balaban J connectivity index is 2.40. The number of rotatable bonds is 8. The molecule has 0 unspecified atom stereocenters. The summed E-state index contributed by atoms with van der Waals surface area (Å²) in [5, 5.41) is 3.52. The number of nitrogens with zero attached hydrogens (tertiary/aromatic N) is 1. The lowest BCUT2D eigenvalue weighted by Gasteiger charge is -2.34. The van der Waals surface area contributed by atoms with E-state index in [1.165, 1.54) is 22.5 Å². The van der Waals surface area contributed by atoms with E-state index in [-0.39, 0.29) is 21.7 Å². The fourth-order valence-electron chi connectivity index (χ4n) is 2.89. The smallest absolute Gasteiger partial charge is 0.255 e. The largest absolute Gasteiger partial charge is 0.482 e. The van der Waals surface area contributed by atoms with Crippen molar-refractivity contribution < 1.29 is 17.9 Å². The van der Waals surface area contributed by atoms with Crippen LogP contribution in [-0.4, -0.2) is 50.9 Å². The van der Waals surface area contributed by atoms with Crippen LogP contribution < -0.4 is 15.8 Å². The van der Waals surface area contributed by atoms with E-state index < -0.39 is 22.5 Å². The van der Waals surface area contributed by atoms with Gasteiger partial charge in [-0.25, -0.2) is 8.42 Å². The predicted octanol–water partition coefficient (Wildman–Crippen LogP) is 1.36. The Labute approximate surface area is 153 Å². The van der Waals surface area contributed by atoms with Gasteiger partial charge in [-0.15, -0.1) is 0 Å². The number of nitrogens with two attached hydrogens (primary N) is 1. The highest BCUT2D eigenvalue weighted by molar-refractivity contribution is 7.89. The molecule has 7 nitrogen and oxygen atoms in total. The van der Waals surface area contributed by atoms with E-state index in [1.54, 1.807) is 0 Å². The second-order valence-electron chi connectivity index (χ2n) is 5.94. The Morgan fingerprint density at radius 1 is 1.40 bits per heavy atom. The zero-order chi connectivity index (χ0) is 18.4. The number of nitrogens with one attached hydrogen (secondary N) is 1.